The van der Waals surface area contributed by atoms with E-state index in [0.29, 0.717) is 47.2 Å². The van der Waals surface area contributed by atoms with Crippen LogP contribution < -0.4 is 24.3 Å². The van der Waals surface area contributed by atoms with Gasteiger partial charge in [-0.1, -0.05) is 0 Å². The third-order valence-electron chi connectivity index (χ3n) is 6.99. The van der Waals surface area contributed by atoms with Crippen LogP contribution >= 0.6 is 0 Å². The van der Waals surface area contributed by atoms with Crippen molar-refractivity contribution in [1.29, 1.82) is 0 Å². The molecular formula is C26H31N3O6. The lowest BCUT2D eigenvalue weighted by Gasteiger charge is -2.41. The summed E-state index contributed by atoms with van der Waals surface area (Å²) in [5.74, 6) is 2.40. The van der Waals surface area contributed by atoms with E-state index >= 15 is 0 Å². The highest BCUT2D eigenvalue weighted by atomic mass is 16.7. The van der Waals surface area contributed by atoms with E-state index in [1.54, 1.807) is 38.5 Å². The molecule has 1 N–H and O–H groups in total. The first-order valence-corrected chi connectivity index (χ1v) is 12.0. The average molecular weight is 482 g/mol. The molecule has 1 unspecified atom stereocenters. The van der Waals surface area contributed by atoms with Gasteiger partial charge in [0.2, 0.25) is 6.79 Å². The fraction of sp³-hybridized carbons (Fsp3) is 0.462. The summed E-state index contributed by atoms with van der Waals surface area (Å²) in [5.41, 5.74) is 2.25. The minimum absolute atomic E-state index is 0.0511. The average Bonchev–Trinajstić information content (AvgIpc) is 3.36. The van der Waals surface area contributed by atoms with Crippen LogP contribution in [0.4, 0.5) is 0 Å². The van der Waals surface area contributed by atoms with Gasteiger partial charge in [-0.15, -0.1) is 0 Å². The Morgan fingerprint density at radius 3 is 2.71 bits per heavy atom. The Balaban J connectivity index is 1.17. The number of hydrogen-bond acceptors (Lipinski definition) is 7. The molecule has 2 aromatic rings. The van der Waals surface area contributed by atoms with Gasteiger partial charge in [0.15, 0.2) is 23.0 Å². The van der Waals surface area contributed by atoms with Crippen molar-refractivity contribution in [3.8, 4) is 23.0 Å². The van der Waals surface area contributed by atoms with Crippen molar-refractivity contribution < 1.29 is 28.5 Å². The topological polar surface area (TPSA) is 89.6 Å². The maximum absolute atomic E-state index is 13.4. The van der Waals surface area contributed by atoms with Crippen LogP contribution in [0.2, 0.25) is 0 Å². The number of likely N-dealkylation sites (tertiary alicyclic amines) is 1. The van der Waals surface area contributed by atoms with Gasteiger partial charge >= 0.3 is 0 Å². The van der Waals surface area contributed by atoms with Crippen molar-refractivity contribution in [1.82, 2.24) is 15.1 Å². The predicted molar refractivity (Wildman–Crippen MR) is 129 cm³/mol. The number of fused-ring (bicyclic) bond motifs is 2. The number of nitrogens with one attached hydrogen (secondary N) is 1. The monoisotopic (exact) mass is 481 g/mol. The molecule has 0 aromatic heterocycles. The molecule has 1 saturated heterocycles. The van der Waals surface area contributed by atoms with E-state index in [9.17, 15) is 9.59 Å². The summed E-state index contributed by atoms with van der Waals surface area (Å²) < 4.78 is 21.5. The Bertz CT molecular complexity index is 1120. The lowest BCUT2D eigenvalue weighted by Crippen LogP contribution is -2.53. The van der Waals surface area contributed by atoms with Crippen LogP contribution in [0.25, 0.3) is 0 Å². The summed E-state index contributed by atoms with van der Waals surface area (Å²) in [4.78, 5) is 30.3. The van der Waals surface area contributed by atoms with Crippen LogP contribution in [0.3, 0.4) is 0 Å². The summed E-state index contributed by atoms with van der Waals surface area (Å²) in [6.45, 7) is 3.91. The largest absolute Gasteiger partial charge is 0.493 e. The molecule has 0 aliphatic carbocycles. The smallest absolute Gasteiger partial charge is 0.254 e. The van der Waals surface area contributed by atoms with E-state index in [2.05, 4.69) is 10.2 Å². The first-order chi connectivity index (χ1) is 17.1. The minimum Gasteiger partial charge on any atom is -0.493 e. The van der Waals surface area contributed by atoms with Crippen LogP contribution in [-0.4, -0.2) is 81.4 Å². The van der Waals surface area contributed by atoms with Gasteiger partial charge in [0.25, 0.3) is 11.8 Å². The summed E-state index contributed by atoms with van der Waals surface area (Å²) in [7, 11) is 3.19. The van der Waals surface area contributed by atoms with Crippen molar-refractivity contribution in [3.63, 3.8) is 0 Å². The first-order valence-electron chi connectivity index (χ1n) is 12.0. The van der Waals surface area contributed by atoms with Gasteiger partial charge in [-0.25, -0.2) is 0 Å². The molecule has 9 heteroatoms. The summed E-state index contributed by atoms with van der Waals surface area (Å²) >= 11 is 0. The molecule has 35 heavy (non-hydrogen) atoms. The second kappa shape index (κ2) is 10.0. The summed E-state index contributed by atoms with van der Waals surface area (Å²) in [5, 5.41) is 2.99. The summed E-state index contributed by atoms with van der Waals surface area (Å²) in [6, 6.07) is 9.07. The Morgan fingerprint density at radius 2 is 1.89 bits per heavy atom. The molecule has 3 aliphatic rings. The molecule has 2 aromatic carbocycles. The number of nitrogens with zero attached hydrogens (tertiary/aromatic N) is 2. The van der Waals surface area contributed by atoms with Crippen molar-refractivity contribution in [3.05, 3.63) is 47.0 Å². The van der Waals surface area contributed by atoms with E-state index in [1.807, 2.05) is 11.0 Å². The van der Waals surface area contributed by atoms with Crippen LogP contribution in [0.15, 0.2) is 30.3 Å². The zero-order valence-corrected chi connectivity index (χ0v) is 20.2. The number of hydrogen-bond donors (Lipinski definition) is 1. The number of amides is 2. The maximum Gasteiger partial charge on any atom is 0.254 e. The van der Waals surface area contributed by atoms with Gasteiger partial charge in [0.05, 0.1) is 14.2 Å². The Labute approximate surface area is 204 Å². The molecule has 0 saturated carbocycles. The van der Waals surface area contributed by atoms with Gasteiger partial charge in [-0.2, -0.15) is 0 Å². The molecule has 0 radical (unpaired) electrons. The number of piperidine rings is 1. The van der Waals surface area contributed by atoms with Crippen LogP contribution in [0, 0.1) is 0 Å². The molecule has 186 valence electrons. The summed E-state index contributed by atoms with van der Waals surface area (Å²) in [6.07, 6.45) is 2.79. The van der Waals surface area contributed by atoms with Crippen LogP contribution in [-0.2, 0) is 6.42 Å². The fourth-order valence-electron chi connectivity index (χ4n) is 5.13. The molecular weight excluding hydrogens is 450 g/mol. The van der Waals surface area contributed by atoms with Crippen molar-refractivity contribution >= 4 is 11.8 Å². The van der Waals surface area contributed by atoms with Gasteiger partial charge in [-0.3, -0.25) is 14.5 Å². The zero-order chi connectivity index (χ0) is 24.4. The fourth-order valence-corrected chi connectivity index (χ4v) is 5.13. The number of carbonyl (C=O) groups is 2. The van der Waals surface area contributed by atoms with E-state index in [0.717, 1.165) is 44.5 Å². The molecule has 0 spiro atoms. The molecule has 9 nitrogen and oxygen atoms in total. The van der Waals surface area contributed by atoms with Gasteiger partial charge < -0.3 is 29.2 Å². The first kappa shape index (κ1) is 23.3. The molecule has 3 aliphatic heterocycles. The highest BCUT2D eigenvalue weighted by Gasteiger charge is 2.33. The van der Waals surface area contributed by atoms with Gasteiger partial charge in [-0.05, 0) is 61.7 Å². The quantitative estimate of drug-likeness (QED) is 0.649. The number of benzene rings is 2. The highest BCUT2D eigenvalue weighted by molar-refractivity contribution is 5.98. The number of ether oxygens (including phenoxy) is 4. The lowest BCUT2D eigenvalue weighted by molar-refractivity contribution is 0.0525. The number of rotatable bonds is 7. The van der Waals surface area contributed by atoms with E-state index < -0.39 is 0 Å². The molecule has 0 bridgehead atoms. The second-order valence-corrected chi connectivity index (χ2v) is 9.03. The van der Waals surface area contributed by atoms with Crippen molar-refractivity contribution in [2.24, 2.45) is 0 Å². The van der Waals surface area contributed by atoms with Crippen LogP contribution in [0.5, 0.6) is 23.0 Å². The number of carbonyl (C=O) groups excluding carboxylic acids is 2. The molecule has 5 rings (SSSR count). The SMILES string of the molecule is COc1cc2c(cc1OC)C(=O)N(C1CCCN(CCNC(=O)c3ccc4c(c3)OCO4)C1)CC2. The Kier molecular flexibility index (Phi) is 6.68. The Morgan fingerprint density at radius 1 is 1.09 bits per heavy atom. The second-order valence-electron chi connectivity index (χ2n) is 9.03. The van der Waals surface area contributed by atoms with Gasteiger partial charge in [0.1, 0.15) is 0 Å². The third kappa shape index (κ3) is 4.73. The van der Waals surface area contributed by atoms with E-state index in [-0.39, 0.29) is 24.6 Å². The maximum atomic E-state index is 13.4. The molecule has 1 atom stereocenters. The van der Waals surface area contributed by atoms with Crippen LogP contribution in [0.1, 0.15) is 39.1 Å². The third-order valence-corrected chi connectivity index (χ3v) is 6.99. The van der Waals surface area contributed by atoms with Crippen molar-refractivity contribution in [2.45, 2.75) is 25.3 Å². The van der Waals surface area contributed by atoms with E-state index in [4.69, 9.17) is 18.9 Å². The zero-order valence-electron chi connectivity index (χ0n) is 20.2. The molecule has 2 amide bonds. The number of methoxy groups -OCH3 is 2. The minimum atomic E-state index is -0.135. The van der Waals surface area contributed by atoms with E-state index in [1.165, 1.54) is 0 Å². The van der Waals surface area contributed by atoms with Gasteiger partial charge in [0, 0.05) is 43.3 Å². The lowest BCUT2D eigenvalue weighted by atomic mass is 9.94. The molecule has 1 fully saturated rings. The van der Waals surface area contributed by atoms with Crippen molar-refractivity contribution in [2.75, 3.05) is 53.7 Å². The Hall–Kier alpha value is -3.46. The standard InChI is InChI=1S/C26H31N3O6/c1-32-22-12-17-7-10-29(26(31)20(17)14-23(22)33-2)19-4-3-9-28(15-19)11-8-27-25(30)18-5-6-21-24(13-18)35-16-34-21/h5-6,12-14,19H,3-4,7-11,15-16H2,1-2H3,(H,27,30). The normalized spacial score (nSPS) is 19.3. The predicted octanol–water partition coefficient (Wildman–Crippen LogP) is 2.33. The highest BCUT2D eigenvalue weighted by Crippen LogP contribution is 2.35. The molecule has 3 heterocycles.